The smallest absolute Gasteiger partial charge is 0.331 e. The molecule has 0 spiro atoms. The first kappa shape index (κ1) is 12.4. The Balaban J connectivity index is 4.80. The Morgan fingerprint density at radius 2 is 1.79 bits per heavy atom. The molecule has 78 valence electrons. The third-order valence-corrected chi connectivity index (χ3v) is 1.71. The van der Waals surface area contributed by atoms with E-state index in [1.54, 1.807) is 6.92 Å². The molecule has 0 saturated heterocycles. The summed E-state index contributed by atoms with van der Waals surface area (Å²) >= 11 is 0. The highest BCUT2D eigenvalue weighted by atomic mass is 16.4. The third kappa shape index (κ3) is 4.45. The maximum absolute atomic E-state index is 10.7. The molecule has 4 heteroatoms. The maximum atomic E-state index is 10.7. The fourth-order valence-corrected chi connectivity index (χ4v) is 1.02. The number of rotatable bonds is 5. The summed E-state index contributed by atoms with van der Waals surface area (Å²) in [6.45, 7) is 3.47. The zero-order chi connectivity index (χ0) is 11.1. The fraction of sp³-hybridized carbons (Fsp3) is 0.400. The quantitative estimate of drug-likeness (QED) is 0.522. The topological polar surface area (TPSA) is 74.6 Å². The molecule has 0 aromatic rings. The molecule has 0 saturated carbocycles. The summed E-state index contributed by atoms with van der Waals surface area (Å²) in [6.07, 6.45) is 3.42. The fourth-order valence-electron chi connectivity index (χ4n) is 1.02. The van der Waals surface area contributed by atoms with Crippen LogP contribution in [0, 0.1) is 0 Å². The molecule has 0 aromatic heterocycles. The van der Waals surface area contributed by atoms with Gasteiger partial charge in [-0.1, -0.05) is 19.4 Å². The van der Waals surface area contributed by atoms with Gasteiger partial charge in [-0.2, -0.15) is 0 Å². The van der Waals surface area contributed by atoms with Crippen LogP contribution in [0.2, 0.25) is 0 Å². The van der Waals surface area contributed by atoms with Gasteiger partial charge in [-0.05, 0) is 18.9 Å². The second-order valence-electron chi connectivity index (χ2n) is 2.89. The van der Waals surface area contributed by atoms with Gasteiger partial charge >= 0.3 is 11.9 Å². The van der Waals surface area contributed by atoms with Gasteiger partial charge in [0.2, 0.25) is 0 Å². The lowest BCUT2D eigenvalue weighted by Crippen LogP contribution is -2.02. The van der Waals surface area contributed by atoms with Crippen LogP contribution in [0.4, 0.5) is 0 Å². The predicted octanol–water partition coefficient (Wildman–Crippen LogP) is 1.83. The van der Waals surface area contributed by atoms with Gasteiger partial charge in [0.15, 0.2) is 0 Å². The van der Waals surface area contributed by atoms with Gasteiger partial charge in [0.25, 0.3) is 0 Å². The minimum atomic E-state index is -1.08. The Labute approximate surface area is 82.6 Å². The van der Waals surface area contributed by atoms with Crippen molar-refractivity contribution in [2.75, 3.05) is 0 Å². The van der Waals surface area contributed by atoms with E-state index in [9.17, 15) is 9.59 Å². The zero-order valence-electron chi connectivity index (χ0n) is 8.28. The molecule has 0 unspecified atom stereocenters. The highest BCUT2D eigenvalue weighted by molar-refractivity contribution is 5.88. The molecule has 0 radical (unpaired) electrons. The number of allylic oxidation sites excluding steroid dienone is 2. The molecule has 0 aliphatic rings. The predicted molar refractivity (Wildman–Crippen MR) is 52.0 cm³/mol. The van der Waals surface area contributed by atoms with Crippen molar-refractivity contribution in [1.29, 1.82) is 0 Å². The molecule has 0 heterocycles. The SMILES string of the molecule is CCCC(C(=O)O)=C(C)C=CC(=O)O. The molecular formula is C10H14O4. The molecule has 0 bridgehead atoms. The Morgan fingerprint density at radius 1 is 1.21 bits per heavy atom. The largest absolute Gasteiger partial charge is 0.478 e. The minimum Gasteiger partial charge on any atom is -0.478 e. The number of hydrogen-bond acceptors (Lipinski definition) is 2. The first-order chi connectivity index (χ1) is 6.49. The lowest BCUT2D eigenvalue weighted by atomic mass is 10.0. The van der Waals surface area contributed by atoms with Crippen molar-refractivity contribution < 1.29 is 19.8 Å². The van der Waals surface area contributed by atoms with E-state index >= 15 is 0 Å². The molecular weight excluding hydrogens is 184 g/mol. The Hall–Kier alpha value is -1.58. The van der Waals surface area contributed by atoms with Crippen LogP contribution < -0.4 is 0 Å². The van der Waals surface area contributed by atoms with Gasteiger partial charge in [0.05, 0.1) is 0 Å². The van der Waals surface area contributed by atoms with Gasteiger partial charge in [0, 0.05) is 11.6 Å². The van der Waals surface area contributed by atoms with Crippen molar-refractivity contribution in [1.82, 2.24) is 0 Å². The lowest BCUT2D eigenvalue weighted by molar-refractivity contribution is -0.133. The molecule has 0 aliphatic carbocycles. The highest BCUT2D eigenvalue weighted by Crippen LogP contribution is 2.12. The lowest BCUT2D eigenvalue weighted by Gasteiger charge is -2.02. The molecule has 0 aliphatic heterocycles. The van der Waals surface area contributed by atoms with Gasteiger partial charge in [0.1, 0.15) is 0 Å². The van der Waals surface area contributed by atoms with Crippen LogP contribution >= 0.6 is 0 Å². The first-order valence-electron chi connectivity index (χ1n) is 4.33. The molecule has 0 rings (SSSR count). The number of carboxylic acid groups (broad SMARTS) is 2. The van der Waals surface area contributed by atoms with Crippen molar-refractivity contribution in [3.8, 4) is 0 Å². The van der Waals surface area contributed by atoms with E-state index in [-0.39, 0.29) is 5.57 Å². The summed E-state index contributed by atoms with van der Waals surface area (Å²) in [7, 11) is 0. The molecule has 14 heavy (non-hydrogen) atoms. The summed E-state index contributed by atoms with van der Waals surface area (Å²) in [5.41, 5.74) is 0.756. The van der Waals surface area contributed by atoms with E-state index in [2.05, 4.69) is 0 Å². The van der Waals surface area contributed by atoms with Gasteiger partial charge < -0.3 is 10.2 Å². The number of hydrogen-bond donors (Lipinski definition) is 2. The van der Waals surface area contributed by atoms with E-state index in [4.69, 9.17) is 10.2 Å². The van der Waals surface area contributed by atoms with Crippen molar-refractivity contribution in [3.05, 3.63) is 23.3 Å². The monoisotopic (exact) mass is 198 g/mol. The van der Waals surface area contributed by atoms with Crippen molar-refractivity contribution in [2.24, 2.45) is 0 Å². The van der Waals surface area contributed by atoms with E-state index in [0.29, 0.717) is 12.0 Å². The standard InChI is InChI=1S/C10H14O4/c1-3-4-8(10(13)14)7(2)5-6-9(11)12/h5-6H,3-4H2,1-2H3,(H,11,12)(H,13,14). The maximum Gasteiger partial charge on any atom is 0.331 e. The van der Waals surface area contributed by atoms with Crippen LogP contribution in [0.15, 0.2) is 23.3 Å². The average molecular weight is 198 g/mol. The van der Waals surface area contributed by atoms with Gasteiger partial charge in [-0.25, -0.2) is 9.59 Å². The van der Waals surface area contributed by atoms with Crippen LogP contribution in [0.1, 0.15) is 26.7 Å². The molecule has 0 fully saturated rings. The Bertz CT molecular complexity index is 286. The third-order valence-electron chi connectivity index (χ3n) is 1.71. The van der Waals surface area contributed by atoms with E-state index in [0.717, 1.165) is 12.5 Å². The summed E-state index contributed by atoms with van der Waals surface area (Å²) in [6, 6.07) is 0. The van der Waals surface area contributed by atoms with E-state index in [1.807, 2.05) is 6.92 Å². The van der Waals surface area contributed by atoms with E-state index in [1.165, 1.54) is 6.08 Å². The normalized spacial score (nSPS) is 12.7. The summed E-state index contributed by atoms with van der Waals surface area (Å²) < 4.78 is 0. The number of aliphatic carboxylic acids is 2. The summed E-state index contributed by atoms with van der Waals surface area (Å²) in [5.74, 6) is -2.06. The number of carboxylic acids is 2. The first-order valence-corrected chi connectivity index (χ1v) is 4.33. The Morgan fingerprint density at radius 3 is 2.14 bits per heavy atom. The summed E-state index contributed by atoms with van der Waals surface area (Å²) in [4.78, 5) is 20.9. The van der Waals surface area contributed by atoms with Crippen LogP contribution in [0.25, 0.3) is 0 Å². The van der Waals surface area contributed by atoms with Gasteiger partial charge in [-0.15, -0.1) is 0 Å². The van der Waals surface area contributed by atoms with Crippen molar-refractivity contribution in [3.63, 3.8) is 0 Å². The highest BCUT2D eigenvalue weighted by Gasteiger charge is 2.08. The number of carbonyl (C=O) groups is 2. The second kappa shape index (κ2) is 5.96. The van der Waals surface area contributed by atoms with Crippen LogP contribution in [-0.4, -0.2) is 22.2 Å². The molecule has 0 amide bonds. The van der Waals surface area contributed by atoms with Crippen LogP contribution in [-0.2, 0) is 9.59 Å². The molecule has 0 aromatic carbocycles. The second-order valence-corrected chi connectivity index (χ2v) is 2.89. The van der Waals surface area contributed by atoms with Crippen molar-refractivity contribution in [2.45, 2.75) is 26.7 Å². The van der Waals surface area contributed by atoms with E-state index < -0.39 is 11.9 Å². The van der Waals surface area contributed by atoms with Crippen LogP contribution in [0.3, 0.4) is 0 Å². The minimum absolute atomic E-state index is 0.269. The molecule has 0 atom stereocenters. The molecule has 4 nitrogen and oxygen atoms in total. The Kier molecular flexibility index (Phi) is 5.29. The van der Waals surface area contributed by atoms with Gasteiger partial charge in [-0.3, -0.25) is 0 Å². The van der Waals surface area contributed by atoms with Crippen molar-refractivity contribution >= 4 is 11.9 Å². The van der Waals surface area contributed by atoms with Crippen LogP contribution in [0.5, 0.6) is 0 Å². The molecule has 2 N–H and O–H groups in total. The average Bonchev–Trinajstić information content (AvgIpc) is 2.09. The zero-order valence-corrected chi connectivity index (χ0v) is 8.28. The summed E-state index contributed by atoms with van der Waals surface area (Å²) in [5, 5.41) is 17.2.